The van der Waals surface area contributed by atoms with E-state index < -0.39 is 6.10 Å². The van der Waals surface area contributed by atoms with Crippen LogP contribution in [0.1, 0.15) is 46.5 Å². The van der Waals surface area contributed by atoms with Crippen molar-refractivity contribution in [2.45, 2.75) is 58.2 Å². The fourth-order valence-corrected chi connectivity index (χ4v) is 1.79. The Balaban J connectivity index is 2.51. The van der Waals surface area contributed by atoms with Crippen molar-refractivity contribution >= 4 is 6.09 Å². The highest BCUT2D eigenvalue weighted by Gasteiger charge is 2.29. The summed E-state index contributed by atoms with van der Waals surface area (Å²) < 4.78 is 5.50. The van der Waals surface area contributed by atoms with E-state index in [4.69, 9.17) is 4.74 Å². The van der Waals surface area contributed by atoms with Gasteiger partial charge < -0.3 is 14.7 Å². The van der Waals surface area contributed by atoms with Crippen LogP contribution in [0.2, 0.25) is 0 Å². The predicted molar refractivity (Wildman–Crippen MR) is 62.3 cm³/mol. The predicted octanol–water partition coefficient (Wildman–Crippen LogP) is 2.16. The van der Waals surface area contributed by atoms with E-state index >= 15 is 0 Å². The molecule has 1 aliphatic heterocycles. The van der Waals surface area contributed by atoms with Crippen molar-refractivity contribution in [3.8, 4) is 0 Å². The van der Waals surface area contributed by atoms with Crippen molar-refractivity contribution in [1.82, 2.24) is 4.90 Å². The zero-order chi connectivity index (χ0) is 12.2. The third kappa shape index (κ3) is 3.37. The van der Waals surface area contributed by atoms with E-state index in [1.54, 1.807) is 4.90 Å². The zero-order valence-corrected chi connectivity index (χ0v) is 10.5. The zero-order valence-electron chi connectivity index (χ0n) is 10.5. The van der Waals surface area contributed by atoms with Crippen LogP contribution in [-0.2, 0) is 4.74 Å². The molecule has 0 bridgehead atoms. The van der Waals surface area contributed by atoms with E-state index in [9.17, 15) is 9.90 Å². The molecule has 0 spiro atoms. The quantitative estimate of drug-likeness (QED) is 0.806. The maximum atomic E-state index is 11.9. The van der Waals surface area contributed by atoms with E-state index in [2.05, 4.69) is 0 Å². The van der Waals surface area contributed by atoms with Gasteiger partial charge in [-0.1, -0.05) is 13.8 Å². The number of carbonyl (C=O) groups is 1. The highest BCUT2D eigenvalue weighted by Crippen LogP contribution is 2.21. The number of piperidine rings is 1. The summed E-state index contributed by atoms with van der Waals surface area (Å²) in [5.74, 6) is 0. The molecular weight excluding hydrogens is 206 g/mol. The van der Waals surface area contributed by atoms with E-state index in [0.717, 1.165) is 25.7 Å². The summed E-state index contributed by atoms with van der Waals surface area (Å²) in [5, 5.41) is 9.49. The highest BCUT2D eigenvalue weighted by atomic mass is 16.6. The van der Waals surface area contributed by atoms with Crippen molar-refractivity contribution in [2.24, 2.45) is 0 Å². The van der Waals surface area contributed by atoms with Gasteiger partial charge in [-0.2, -0.15) is 0 Å². The van der Waals surface area contributed by atoms with Gasteiger partial charge in [0.15, 0.2) is 0 Å². The molecular formula is C12H23NO3. The number of amides is 1. The number of ether oxygens (including phenoxy) is 1. The van der Waals surface area contributed by atoms with Crippen LogP contribution in [0, 0.1) is 0 Å². The maximum Gasteiger partial charge on any atom is 0.410 e. The number of β-amino-alcohol motifs (C(OH)–C–C–N with tert-alkyl or cyclic N) is 1. The molecule has 1 atom stereocenters. The molecule has 4 heteroatoms. The molecule has 16 heavy (non-hydrogen) atoms. The molecule has 0 unspecified atom stereocenters. The minimum atomic E-state index is -0.393. The second kappa shape index (κ2) is 5.53. The molecule has 1 saturated heterocycles. The van der Waals surface area contributed by atoms with Crippen molar-refractivity contribution in [3.63, 3.8) is 0 Å². The van der Waals surface area contributed by atoms with Gasteiger partial charge in [0.05, 0.1) is 6.10 Å². The number of nitrogens with zero attached hydrogens (tertiary/aromatic N) is 1. The topological polar surface area (TPSA) is 49.8 Å². The van der Waals surface area contributed by atoms with Crippen LogP contribution in [-0.4, -0.2) is 40.9 Å². The summed E-state index contributed by atoms with van der Waals surface area (Å²) in [5.41, 5.74) is -0.376. The van der Waals surface area contributed by atoms with Crippen molar-refractivity contribution in [1.29, 1.82) is 0 Å². The van der Waals surface area contributed by atoms with Gasteiger partial charge in [0.25, 0.3) is 0 Å². The molecule has 0 saturated carbocycles. The monoisotopic (exact) mass is 229 g/mol. The molecule has 1 rings (SSSR count). The molecule has 0 aromatic rings. The largest absolute Gasteiger partial charge is 0.443 e. The smallest absolute Gasteiger partial charge is 0.410 e. The van der Waals surface area contributed by atoms with Gasteiger partial charge in [0.1, 0.15) is 5.60 Å². The fourth-order valence-electron chi connectivity index (χ4n) is 1.79. The lowest BCUT2D eigenvalue weighted by Gasteiger charge is -2.34. The van der Waals surface area contributed by atoms with E-state index in [-0.39, 0.29) is 11.7 Å². The lowest BCUT2D eigenvalue weighted by atomic mass is 10.0. The molecule has 0 aliphatic carbocycles. The first-order valence-corrected chi connectivity index (χ1v) is 6.16. The molecule has 1 fully saturated rings. The van der Waals surface area contributed by atoms with Gasteiger partial charge in [0.2, 0.25) is 0 Å². The van der Waals surface area contributed by atoms with Crippen LogP contribution in [0.3, 0.4) is 0 Å². The third-order valence-electron chi connectivity index (χ3n) is 3.48. The fraction of sp³-hybridized carbons (Fsp3) is 0.917. The Hall–Kier alpha value is -0.770. The first kappa shape index (κ1) is 13.3. The normalized spacial score (nSPS) is 22.0. The molecule has 1 aliphatic rings. The van der Waals surface area contributed by atoms with Crippen LogP contribution >= 0.6 is 0 Å². The number of aliphatic hydroxyl groups is 1. The van der Waals surface area contributed by atoms with Crippen molar-refractivity contribution < 1.29 is 14.6 Å². The third-order valence-corrected chi connectivity index (χ3v) is 3.48. The van der Waals surface area contributed by atoms with Crippen LogP contribution in [0.15, 0.2) is 0 Å². The Bertz CT molecular complexity index is 238. The molecule has 0 aromatic heterocycles. The number of carbonyl (C=O) groups excluding carboxylic acids is 1. The average molecular weight is 229 g/mol. The molecule has 4 nitrogen and oxygen atoms in total. The Morgan fingerprint density at radius 1 is 1.50 bits per heavy atom. The Morgan fingerprint density at radius 3 is 2.62 bits per heavy atom. The lowest BCUT2D eigenvalue weighted by Crippen LogP contribution is -2.45. The standard InChI is InChI=1S/C12H23NO3/c1-4-12(3,5-2)16-11(15)13-8-6-7-10(14)9-13/h10,14H,4-9H2,1-3H3/t10-/m1/s1. The summed E-state index contributed by atoms with van der Waals surface area (Å²) in [4.78, 5) is 13.5. The van der Waals surface area contributed by atoms with Gasteiger partial charge in [-0.3, -0.25) is 0 Å². The Labute approximate surface area is 97.6 Å². The second-order valence-electron chi connectivity index (χ2n) is 4.77. The van der Waals surface area contributed by atoms with Gasteiger partial charge in [0, 0.05) is 13.1 Å². The SMILES string of the molecule is CCC(C)(CC)OC(=O)N1CCC[C@@H](O)C1. The van der Waals surface area contributed by atoms with Crippen molar-refractivity contribution in [3.05, 3.63) is 0 Å². The van der Waals surface area contributed by atoms with Crippen LogP contribution < -0.4 is 0 Å². The van der Waals surface area contributed by atoms with Crippen LogP contribution in [0.5, 0.6) is 0 Å². The molecule has 1 heterocycles. The number of hydrogen-bond donors (Lipinski definition) is 1. The molecule has 0 aromatic carbocycles. The van der Waals surface area contributed by atoms with Crippen LogP contribution in [0.25, 0.3) is 0 Å². The number of likely N-dealkylation sites (tertiary alicyclic amines) is 1. The lowest BCUT2D eigenvalue weighted by molar-refractivity contribution is -0.0172. The second-order valence-corrected chi connectivity index (χ2v) is 4.77. The first-order valence-electron chi connectivity index (χ1n) is 6.16. The number of rotatable bonds is 3. The summed E-state index contributed by atoms with van der Waals surface area (Å²) in [7, 11) is 0. The molecule has 1 N–H and O–H groups in total. The summed E-state index contributed by atoms with van der Waals surface area (Å²) in [6.07, 6.45) is 2.58. The van der Waals surface area contributed by atoms with E-state index in [1.807, 2.05) is 20.8 Å². The number of hydrogen-bond acceptors (Lipinski definition) is 3. The number of aliphatic hydroxyl groups excluding tert-OH is 1. The molecule has 94 valence electrons. The maximum absolute atomic E-state index is 11.9. The first-order chi connectivity index (χ1) is 7.50. The van der Waals surface area contributed by atoms with Gasteiger partial charge >= 0.3 is 6.09 Å². The minimum absolute atomic E-state index is 0.287. The highest BCUT2D eigenvalue weighted by molar-refractivity contribution is 5.68. The Morgan fingerprint density at radius 2 is 2.12 bits per heavy atom. The van der Waals surface area contributed by atoms with E-state index in [1.165, 1.54) is 0 Å². The minimum Gasteiger partial charge on any atom is -0.443 e. The van der Waals surface area contributed by atoms with E-state index in [0.29, 0.717) is 13.1 Å². The van der Waals surface area contributed by atoms with Gasteiger partial charge in [-0.25, -0.2) is 4.79 Å². The Kier molecular flexibility index (Phi) is 4.59. The summed E-state index contributed by atoms with van der Waals surface area (Å²) >= 11 is 0. The molecule has 0 radical (unpaired) electrons. The van der Waals surface area contributed by atoms with Crippen LogP contribution in [0.4, 0.5) is 4.79 Å². The van der Waals surface area contributed by atoms with Gasteiger partial charge in [-0.05, 0) is 32.6 Å². The van der Waals surface area contributed by atoms with Gasteiger partial charge in [-0.15, -0.1) is 0 Å². The average Bonchev–Trinajstić information content (AvgIpc) is 2.29. The molecule has 1 amide bonds. The summed E-state index contributed by atoms with van der Waals surface area (Å²) in [6, 6.07) is 0. The van der Waals surface area contributed by atoms with Crippen molar-refractivity contribution in [2.75, 3.05) is 13.1 Å². The summed E-state index contributed by atoms with van der Waals surface area (Å²) in [6.45, 7) is 7.08.